The van der Waals surface area contributed by atoms with E-state index in [1.165, 1.54) is 0 Å². The number of carboxylic acid groups (broad SMARTS) is 1. The molecule has 8 heteroatoms. The highest BCUT2D eigenvalue weighted by Gasteiger charge is 2.31. The highest BCUT2D eigenvalue weighted by molar-refractivity contribution is 7.80. The van der Waals surface area contributed by atoms with Gasteiger partial charge in [0, 0.05) is 30.8 Å². The molecule has 0 radical (unpaired) electrons. The summed E-state index contributed by atoms with van der Waals surface area (Å²) in [6.45, 7) is 0.805. The van der Waals surface area contributed by atoms with Gasteiger partial charge in [-0.3, -0.25) is 8.86 Å². The van der Waals surface area contributed by atoms with E-state index < -0.39 is 23.3 Å². The van der Waals surface area contributed by atoms with Crippen LogP contribution in [0.5, 0.6) is 0 Å². The molecule has 0 amide bonds. The van der Waals surface area contributed by atoms with Gasteiger partial charge in [-0.25, -0.2) is 9.00 Å². The number of carboxylic acids is 1. The molecule has 4 atom stereocenters. The summed E-state index contributed by atoms with van der Waals surface area (Å²) in [7, 11) is 0. The van der Waals surface area contributed by atoms with Gasteiger partial charge in [0.1, 0.15) is 6.04 Å². The van der Waals surface area contributed by atoms with E-state index in [1.807, 2.05) is 60.8 Å². The summed E-state index contributed by atoms with van der Waals surface area (Å²) in [5.74, 6) is -1.04. The quantitative estimate of drug-likeness (QED) is 0.200. The first kappa shape index (κ1) is 26.9. The predicted octanol–water partition coefficient (Wildman–Crippen LogP) is 6.02. The fraction of sp³-hybridized carbons (Fsp3) is 0.258. The Morgan fingerprint density at radius 2 is 1.77 bits per heavy atom. The zero-order valence-corrected chi connectivity index (χ0v) is 22.3. The minimum atomic E-state index is -2.54. The summed E-state index contributed by atoms with van der Waals surface area (Å²) in [5.41, 5.74) is 5.18. The molecule has 0 saturated carbocycles. The van der Waals surface area contributed by atoms with Crippen molar-refractivity contribution in [3.63, 3.8) is 0 Å². The summed E-state index contributed by atoms with van der Waals surface area (Å²) in [6, 6.07) is 27.4. The lowest BCUT2D eigenvalue weighted by Gasteiger charge is -2.27. The Hall–Kier alpha value is -3.72. The van der Waals surface area contributed by atoms with Crippen molar-refractivity contribution in [2.45, 2.75) is 43.7 Å². The van der Waals surface area contributed by atoms with Crippen molar-refractivity contribution in [2.24, 2.45) is 0 Å². The Balaban J connectivity index is 1.47. The molecule has 1 aromatic heterocycles. The van der Waals surface area contributed by atoms with Crippen LogP contribution >= 0.6 is 0 Å². The smallest absolute Gasteiger partial charge is 0.327 e. The number of hydrogen-bond donors (Lipinski definition) is 3. The van der Waals surface area contributed by atoms with E-state index in [0.29, 0.717) is 5.69 Å². The lowest BCUT2D eigenvalue weighted by molar-refractivity contribution is -0.138. The van der Waals surface area contributed by atoms with Gasteiger partial charge < -0.3 is 14.8 Å². The van der Waals surface area contributed by atoms with Gasteiger partial charge in [-0.05, 0) is 65.8 Å². The number of aromatic nitrogens is 1. The minimum Gasteiger partial charge on any atom is -0.480 e. The van der Waals surface area contributed by atoms with Crippen LogP contribution < -0.4 is 4.31 Å². The Kier molecular flexibility index (Phi) is 8.56. The Morgan fingerprint density at radius 3 is 2.44 bits per heavy atom. The molecule has 7 nitrogen and oxygen atoms in total. The number of H-pyrrole nitrogens is 1. The summed E-state index contributed by atoms with van der Waals surface area (Å²) in [5, 5.41) is 10.0. The number of benzene rings is 3. The normalized spacial score (nSPS) is 17.4. The van der Waals surface area contributed by atoms with Crippen LogP contribution in [-0.4, -0.2) is 43.6 Å². The van der Waals surface area contributed by atoms with E-state index in [4.69, 9.17) is 4.74 Å². The van der Waals surface area contributed by atoms with Crippen LogP contribution in [0.2, 0.25) is 0 Å². The zero-order valence-electron chi connectivity index (χ0n) is 21.5. The van der Waals surface area contributed by atoms with Crippen LogP contribution in [0.3, 0.4) is 0 Å². The summed E-state index contributed by atoms with van der Waals surface area (Å²) >= 11 is -2.54. The summed E-state index contributed by atoms with van der Waals surface area (Å²) in [6.07, 6.45) is 5.25. The predicted molar refractivity (Wildman–Crippen MR) is 153 cm³/mol. The van der Waals surface area contributed by atoms with Gasteiger partial charge in [0.15, 0.2) is 0 Å². The van der Waals surface area contributed by atoms with Crippen LogP contribution in [-0.2, 0) is 27.2 Å². The maximum absolute atomic E-state index is 12.5. The zero-order chi connectivity index (χ0) is 27.2. The van der Waals surface area contributed by atoms with Gasteiger partial charge in [0.2, 0.25) is 0 Å². The van der Waals surface area contributed by atoms with Crippen molar-refractivity contribution >= 4 is 22.9 Å². The van der Waals surface area contributed by atoms with Gasteiger partial charge >= 0.3 is 5.97 Å². The second kappa shape index (κ2) is 12.4. The monoisotopic (exact) mass is 544 g/mol. The molecule has 202 valence electrons. The Morgan fingerprint density at radius 1 is 1.00 bits per heavy atom. The molecule has 3 N–H and O–H groups in total. The number of nitrogens with one attached hydrogen (secondary N) is 1. The van der Waals surface area contributed by atoms with E-state index in [-0.39, 0.29) is 18.4 Å². The van der Waals surface area contributed by atoms with Crippen LogP contribution in [0, 0.1) is 0 Å². The number of anilines is 1. The molecule has 5 rings (SSSR count). The molecular weight excluding hydrogens is 512 g/mol. The Labute approximate surface area is 230 Å². The molecule has 1 saturated heterocycles. The second-order valence-electron chi connectivity index (χ2n) is 9.82. The molecule has 1 fully saturated rings. The van der Waals surface area contributed by atoms with E-state index in [2.05, 4.69) is 23.2 Å². The highest BCUT2D eigenvalue weighted by Crippen LogP contribution is 2.35. The van der Waals surface area contributed by atoms with Gasteiger partial charge in [-0.15, -0.1) is 0 Å². The summed E-state index contributed by atoms with van der Waals surface area (Å²) in [4.78, 5) is 15.6. The van der Waals surface area contributed by atoms with Crippen LogP contribution in [0.15, 0.2) is 97.2 Å². The molecule has 0 aliphatic carbocycles. The molecule has 4 unspecified atom stereocenters. The highest BCUT2D eigenvalue weighted by atomic mass is 32.2. The SMILES string of the molecule is O=C(O)C(Cc1ccccc1)N(c1cccc(-c2cccc(C(CC3CCCO3)c3ccc[nH]3)c2)c1)S(=O)O. The lowest BCUT2D eigenvalue weighted by atomic mass is 9.88. The molecule has 3 aromatic carbocycles. The maximum atomic E-state index is 12.5. The Bertz CT molecular complexity index is 1400. The van der Waals surface area contributed by atoms with Gasteiger partial charge in [0.25, 0.3) is 11.3 Å². The second-order valence-corrected chi connectivity index (χ2v) is 10.7. The van der Waals surface area contributed by atoms with Gasteiger partial charge in [-0.1, -0.05) is 66.7 Å². The van der Waals surface area contributed by atoms with E-state index in [9.17, 15) is 18.7 Å². The van der Waals surface area contributed by atoms with E-state index in [0.717, 1.165) is 58.1 Å². The third-order valence-electron chi connectivity index (χ3n) is 7.25. The van der Waals surface area contributed by atoms with E-state index >= 15 is 0 Å². The third kappa shape index (κ3) is 6.47. The molecule has 1 aliphatic rings. The fourth-order valence-corrected chi connectivity index (χ4v) is 6.02. The molecule has 0 spiro atoms. The molecule has 0 bridgehead atoms. The first-order valence-corrected chi connectivity index (χ1v) is 14.2. The van der Waals surface area contributed by atoms with Crippen LogP contribution in [0.4, 0.5) is 5.69 Å². The first-order valence-electron chi connectivity index (χ1n) is 13.1. The number of nitrogens with zero attached hydrogens (tertiary/aromatic N) is 1. The molecule has 39 heavy (non-hydrogen) atoms. The largest absolute Gasteiger partial charge is 0.480 e. The number of ether oxygens (including phenoxy) is 1. The fourth-order valence-electron chi connectivity index (χ4n) is 5.34. The molecular formula is C31H32N2O5S. The van der Waals surface area contributed by atoms with Crippen LogP contribution in [0.1, 0.15) is 42.0 Å². The number of hydrogen-bond acceptors (Lipinski definition) is 3. The number of carbonyl (C=O) groups is 1. The van der Waals surface area contributed by atoms with Crippen molar-refractivity contribution in [2.75, 3.05) is 10.9 Å². The standard InChI is InChI=1S/C31H32N2O5S/c34-31(35)30(18-22-8-2-1-3-9-22)33(39(36)37)26-13-5-11-24(20-26)23-10-4-12-25(19-23)28(29-15-6-16-32-29)21-27-14-7-17-38-27/h1-6,8-13,15-16,19-20,27-28,30,32H,7,14,17-18,21H2,(H,34,35)(H,36,37). The first-order chi connectivity index (χ1) is 19.0. The topological polar surface area (TPSA) is 103 Å². The molecule has 1 aliphatic heterocycles. The minimum absolute atomic E-state index is 0.0866. The lowest BCUT2D eigenvalue weighted by Crippen LogP contribution is -2.44. The van der Waals surface area contributed by atoms with Crippen molar-refractivity contribution in [3.05, 3.63) is 114 Å². The maximum Gasteiger partial charge on any atom is 0.327 e. The van der Waals surface area contributed by atoms with Crippen molar-refractivity contribution in [1.29, 1.82) is 0 Å². The van der Waals surface area contributed by atoms with Crippen molar-refractivity contribution < 1.29 is 23.4 Å². The van der Waals surface area contributed by atoms with Gasteiger partial charge in [0.05, 0.1) is 11.8 Å². The number of rotatable bonds is 11. The molecule has 4 aromatic rings. The van der Waals surface area contributed by atoms with Gasteiger partial charge in [-0.2, -0.15) is 0 Å². The third-order valence-corrected chi connectivity index (χ3v) is 8.05. The van der Waals surface area contributed by atoms with E-state index in [1.54, 1.807) is 18.2 Å². The summed E-state index contributed by atoms with van der Waals surface area (Å²) < 4.78 is 29.7. The number of aromatic amines is 1. The van der Waals surface area contributed by atoms with Crippen LogP contribution in [0.25, 0.3) is 11.1 Å². The van der Waals surface area contributed by atoms with Crippen molar-refractivity contribution in [1.82, 2.24) is 4.98 Å². The average molecular weight is 545 g/mol. The number of aliphatic carboxylic acids is 1. The average Bonchev–Trinajstić information content (AvgIpc) is 3.67. The molecule has 2 heterocycles. The van der Waals surface area contributed by atoms with Crippen molar-refractivity contribution in [3.8, 4) is 11.1 Å².